The molecule has 1 unspecified atom stereocenters. The van der Waals surface area contributed by atoms with Gasteiger partial charge in [-0.3, -0.25) is 4.79 Å². The molecule has 2 N–H and O–H groups in total. The monoisotopic (exact) mass is 396 g/mol. The number of halogens is 2. The second kappa shape index (κ2) is 8.89. The van der Waals surface area contributed by atoms with Crippen LogP contribution in [-0.2, 0) is 11.2 Å². The van der Waals surface area contributed by atoms with E-state index in [9.17, 15) is 4.79 Å². The average Bonchev–Trinajstić information content (AvgIpc) is 2.90. The van der Waals surface area contributed by atoms with Gasteiger partial charge in [0.25, 0.3) is 0 Å². The Hall–Kier alpha value is -1.56. The predicted octanol–water partition coefficient (Wildman–Crippen LogP) is 3.45. The number of piperidine rings is 1. The number of rotatable bonds is 4. The summed E-state index contributed by atoms with van der Waals surface area (Å²) in [5.41, 5.74) is 9.69. The van der Waals surface area contributed by atoms with Crippen LogP contribution in [-0.4, -0.2) is 39.7 Å². The Kier molecular flexibility index (Phi) is 7.09. The molecule has 5 nitrogen and oxygen atoms in total. The van der Waals surface area contributed by atoms with Gasteiger partial charge in [-0.05, 0) is 57.4 Å². The van der Waals surface area contributed by atoms with Crippen molar-refractivity contribution in [2.45, 2.75) is 45.6 Å². The number of aryl methyl sites for hydroxylation is 1. The molecule has 1 amide bonds. The average molecular weight is 397 g/mol. The van der Waals surface area contributed by atoms with Crippen molar-refractivity contribution < 1.29 is 4.79 Å². The van der Waals surface area contributed by atoms with E-state index in [4.69, 9.17) is 17.3 Å². The lowest BCUT2D eigenvalue weighted by Gasteiger charge is -2.35. The van der Waals surface area contributed by atoms with Crippen molar-refractivity contribution >= 4 is 29.9 Å². The second-order valence-corrected chi connectivity index (χ2v) is 7.12. The molecule has 1 saturated heterocycles. The summed E-state index contributed by atoms with van der Waals surface area (Å²) in [4.78, 5) is 14.8. The van der Waals surface area contributed by atoms with Gasteiger partial charge in [-0.25, -0.2) is 4.68 Å². The molecule has 1 aromatic heterocycles. The molecule has 0 aliphatic carbocycles. The standard InChI is InChI=1S/C19H25ClN4O.ClH/c1-13-18(11-19(25)23-10-4-3-5-17(23)12-21)14(2)24(22-13)16-8-6-15(20)7-9-16;/h6-9,17H,3-5,10-12,21H2,1-2H3;1H. The van der Waals surface area contributed by atoms with Crippen LogP contribution >= 0.6 is 24.0 Å². The van der Waals surface area contributed by atoms with Gasteiger partial charge >= 0.3 is 0 Å². The van der Waals surface area contributed by atoms with E-state index in [1.807, 2.05) is 47.7 Å². The van der Waals surface area contributed by atoms with E-state index in [1.165, 1.54) is 0 Å². The summed E-state index contributed by atoms with van der Waals surface area (Å²) in [6.45, 7) is 5.31. The first-order valence-electron chi connectivity index (χ1n) is 8.82. The van der Waals surface area contributed by atoms with Gasteiger partial charge in [-0.2, -0.15) is 5.10 Å². The Morgan fingerprint density at radius 3 is 2.62 bits per heavy atom. The van der Waals surface area contributed by atoms with Gasteiger partial charge in [0.2, 0.25) is 5.91 Å². The Morgan fingerprint density at radius 1 is 1.27 bits per heavy atom. The highest BCUT2D eigenvalue weighted by molar-refractivity contribution is 6.30. The van der Waals surface area contributed by atoms with E-state index in [0.29, 0.717) is 18.0 Å². The van der Waals surface area contributed by atoms with Gasteiger partial charge in [0, 0.05) is 35.4 Å². The summed E-state index contributed by atoms with van der Waals surface area (Å²) in [7, 11) is 0. The lowest BCUT2D eigenvalue weighted by Crippen LogP contribution is -2.48. The van der Waals surface area contributed by atoms with Gasteiger partial charge < -0.3 is 10.6 Å². The molecule has 142 valence electrons. The lowest BCUT2D eigenvalue weighted by molar-refractivity contribution is -0.133. The number of hydrogen-bond acceptors (Lipinski definition) is 3. The fraction of sp³-hybridized carbons (Fsp3) is 0.474. The highest BCUT2D eigenvalue weighted by Gasteiger charge is 2.27. The molecule has 1 aliphatic heterocycles. The van der Waals surface area contributed by atoms with Gasteiger partial charge in [-0.1, -0.05) is 11.6 Å². The molecule has 2 aromatic rings. The number of carbonyl (C=O) groups is 1. The van der Waals surface area contributed by atoms with Crippen LogP contribution in [0, 0.1) is 13.8 Å². The molecule has 3 rings (SSSR count). The molecular formula is C19H26Cl2N4O. The molecule has 1 aromatic carbocycles. The fourth-order valence-corrected chi connectivity index (χ4v) is 3.72. The third-order valence-electron chi connectivity index (χ3n) is 5.06. The van der Waals surface area contributed by atoms with Gasteiger partial charge in [-0.15, -0.1) is 12.4 Å². The minimum atomic E-state index is 0. The molecule has 0 spiro atoms. The Labute approximate surface area is 165 Å². The maximum Gasteiger partial charge on any atom is 0.227 e. The van der Waals surface area contributed by atoms with Crippen LogP contribution < -0.4 is 5.73 Å². The van der Waals surface area contributed by atoms with E-state index in [2.05, 4.69) is 5.10 Å². The van der Waals surface area contributed by atoms with Crippen molar-refractivity contribution in [2.75, 3.05) is 13.1 Å². The number of likely N-dealkylation sites (tertiary alicyclic amines) is 1. The predicted molar refractivity (Wildman–Crippen MR) is 107 cm³/mol. The minimum absolute atomic E-state index is 0. The third kappa shape index (κ3) is 4.22. The van der Waals surface area contributed by atoms with E-state index >= 15 is 0 Å². The summed E-state index contributed by atoms with van der Waals surface area (Å²) < 4.78 is 1.88. The quantitative estimate of drug-likeness (QED) is 0.860. The van der Waals surface area contributed by atoms with E-state index in [1.54, 1.807) is 0 Å². The summed E-state index contributed by atoms with van der Waals surface area (Å²) in [6, 6.07) is 7.73. The van der Waals surface area contributed by atoms with Crippen molar-refractivity contribution in [2.24, 2.45) is 5.73 Å². The SMILES string of the molecule is Cc1nn(-c2ccc(Cl)cc2)c(C)c1CC(=O)N1CCCCC1CN.Cl. The number of nitrogens with two attached hydrogens (primary N) is 1. The number of amides is 1. The van der Waals surface area contributed by atoms with Crippen LogP contribution in [0.25, 0.3) is 5.69 Å². The van der Waals surface area contributed by atoms with E-state index in [0.717, 1.165) is 48.4 Å². The van der Waals surface area contributed by atoms with Crippen molar-refractivity contribution in [3.63, 3.8) is 0 Å². The van der Waals surface area contributed by atoms with Crippen molar-refractivity contribution in [3.05, 3.63) is 46.2 Å². The topological polar surface area (TPSA) is 64.2 Å². The van der Waals surface area contributed by atoms with Crippen LogP contribution in [0.4, 0.5) is 0 Å². The smallest absolute Gasteiger partial charge is 0.227 e. The molecule has 26 heavy (non-hydrogen) atoms. The zero-order valence-electron chi connectivity index (χ0n) is 15.2. The highest BCUT2D eigenvalue weighted by atomic mass is 35.5. The summed E-state index contributed by atoms with van der Waals surface area (Å²) in [5.74, 6) is 0.150. The molecule has 0 radical (unpaired) electrons. The summed E-state index contributed by atoms with van der Waals surface area (Å²) in [5, 5.41) is 5.32. The maximum absolute atomic E-state index is 12.8. The van der Waals surface area contributed by atoms with Crippen LogP contribution in [0.1, 0.15) is 36.2 Å². The zero-order chi connectivity index (χ0) is 18.0. The maximum atomic E-state index is 12.8. The number of nitrogens with zero attached hydrogens (tertiary/aromatic N) is 3. The first kappa shape index (κ1) is 20.7. The molecule has 0 bridgehead atoms. The van der Waals surface area contributed by atoms with Gasteiger partial charge in [0.1, 0.15) is 0 Å². The Morgan fingerprint density at radius 2 is 1.96 bits per heavy atom. The normalized spacial score (nSPS) is 17.1. The minimum Gasteiger partial charge on any atom is -0.338 e. The van der Waals surface area contributed by atoms with Gasteiger partial charge in [0.05, 0.1) is 17.8 Å². The van der Waals surface area contributed by atoms with Crippen molar-refractivity contribution in [1.82, 2.24) is 14.7 Å². The lowest BCUT2D eigenvalue weighted by atomic mass is 10.0. The second-order valence-electron chi connectivity index (χ2n) is 6.69. The molecule has 1 aliphatic rings. The molecule has 0 saturated carbocycles. The Bertz CT molecular complexity index is 758. The zero-order valence-corrected chi connectivity index (χ0v) is 16.8. The molecule has 1 fully saturated rings. The third-order valence-corrected chi connectivity index (χ3v) is 5.31. The molecule has 2 heterocycles. The first-order valence-corrected chi connectivity index (χ1v) is 9.19. The number of carbonyl (C=O) groups excluding carboxylic acids is 1. The fourth-order valence-electron chi connectivity index (χ4n) is 3.59. The molecule has 7 heteroatoms. The molecule has 1 atom stereocenters. The summed E-state index contributed by atoms with van der Waals surface area (Å²) in [6.07, 6.45) is 3.59. The van der Waals surface area contributed by atoms with E-state index in [-0.39, 0.29) is 24.4 Å². The van der Waals surface area contributed by atoms with Crippen LogP contribution in [0.3, 0.4) is 0 Å². The summed E-state index contributed by atoms with van der Waals surface area (Å²) >= 11 is 5.97. The largest absolute Gasteiger partial charge is 0.338 e. The first-order chi connectivity index (χ1) is 12.0. The van der Waals surface area contributed by atoms with Crippen molar-refractivity contribution in [1.29, 1.82) is 0 Å². The number of hydrogen-bond donors (Lipinski definition) is 1. The number of aromatic nitrogens is 2. The van der Waals surface area contributed by atoms with Crippen LogP contribution in [0.2, 0.25) is 5.02 Å². The Balaban J connectivity index is 0.00000243. The van der Waals surface area contributed by atoms with Gasteiger partial charge in [0.15, 0.2) is 0 Å². The van der Waals surface area contributed by atoms with Crippen LogP contribution in [0.15, 0.2) is 24.3 Å². The molecular weight excluding hydrogens is 371 g/mol. The highest BCUT2D eigenvalue weighted by Crippen LogP contribution is 2.22. The van der Waals surface area contributed by atoms with Crippen LogP contribution in [0.5, 0.6) is 0 Å². The van der Waals surface area contributed by atoms with E-state index < -0.39 is 0 Å². The van der Waals surface area contributed by atoms with Crippen molar-refractivity contribution in [3.8, 4) is 5.69 Å². The number of benzene rings is 1.